The van der Waals surface area contributed by atoms with Gasteiger partial charge in [-0.15, -0.1) is 0 Å². The van der Waals surface area contributed by atoms with E-state index in [1.54, 1.807) is 32.4 Å². The van der Waals surface area contributed by atoms with Crippen molar-refractivity contribution in [1.82, 2.24) is 15.5 Å². The van der Waals surface area contributed by atoms with Gasteiger partial charge in [-0.25, -0.2) is 4.79 Å². The summed E-state index contributed by atoms with van der Waals surface area (Å²) in [5.41, 5.74) is -0.0182. The van der Waals surface area contributed by atoms with Gasteiger partial charge in [-0.2, -0.15) is 0 Å². The van der Waals surface area contributed by atoms with Gasteiger partial charge in [0.05, 0.1) is 20.8 Å². The van der Waals surface area contributed by atoms with E-state index in [1.807, 2.05) is 0 Å². The van der Waals surface area contributed by atoms with Gasteiger partial charge < -0.3 is 20.1 Å². The summed E-state index contributed by atoms with van der Waals surface area (Å²) in [6.07, 6.45) is 1.23. The second-order valence-electron chi connectivity index (χ2n) is 5.83. The van der Waals surface area contributed by atoms with Crippen LogP contribution in [0, 0.1) is 0 Å². The van der Waals surface area contributed by atoms with Gasteiger partial charge >= 0.3 is 6.03 Å². The summed E-state index contributed by atoms with van der Waals surface area (Å²) < 4.78 is 10.5. The number of nitrogens with one attached hydrogen (secondary N) is 2. The lowest BCUT2D eigenvalue weighted by atomic mass is 9.88. The van der Waals surface area contributed by atoms with E-state index >= 15 is 0 Å². The van der Waals surface area contributed by atoms with Crippen molar-refractivity contribution in [2.24, 2.45) is 0 Å². The Morgan fingerprint density at radius 1 is 1.17 bits per heavy atom. The first-order valence-electron chi connectivity index (χ1n) is 7.65. The van der Waals surface area contributed by atoms with Crippen molar-refractivity contribution in [2.45, 2.75) is 24.9 Å². The lowest BCUT2D eigenvalue weighted by molar-refractivity contribution is -0.132. The number of nitrogens with zero attached hydrogens (tertiary/aromatic N) is 1. The van der Waals surface area contributed by atoms with Gasteiger partial charge in [-0.1, -0.05) is 0 Å². The molecule has 3 amide bonds. The number of methoxy groups -OCH3 is 2. The average Bonchev–Trinajstić information content (AvgIpc) is 2.79. The van der Waals surface area contributed by atoms with E-state index in [-0.39, 0.29) is 18.5 Å². The van der Waals surface area contributed by atoms with E-state index in [0.717, 1.165) is 18.7 Å². The Hall–Kier alpha value is -2.28. The highest BCUT2D eigenvalue weighted by molar-refractivity contribution is 6.07. The molecule has 124 valence electrons. The van der Waals surface area contributed by atoms with Crippen molar-refractivity contribution >= 4 is 11.9 Å². The monoisotopic (exact) mass is 319 g/mol. The molecule has 7 nitrogen and oxygen atoms in total. The molecule has 3 rings (SSSR count). The van der Waals surface area contributed by atoms with E-state index in [9.17, 15) is 9.59 Å². The van der Waals surface area contributed by atoms with Crippen LogP contribution in [0.4, 0.5) is 4.79 Å². The van der Waals surface area contributed by atoms with E-state index in [4.69, 9.17) is 9.47 Å². The summed E-state index contributed by atoms with van der Waals surface area (Å²) in [5, 5.41) is 6.09. The Morgan fingerprint density at radius 2 is 1.91 bits per heavy atom. The topological polar surface area (TPSA) is 79.9 Å². The Morgan fingerprint density at radius 3 is 2.57 bits per heavy atom. The molecule has 0 aliphatic carbocycles. The van der Waals surface area contributed by atoms with E-state index in [1.165, 1.54) is 4.90 Å². The van der Waals surface area contributed by atoms with Gasteiger partial charge in [0.2, 0.25) is 0 Å². The summed E-state index contributed by atoms with van der Waals surface area (Å²) in [6.45, 7) is 1.62. The SMILES string of the molecule is COc1ccc(OC)c(CN2C(=O)NC3(CCNCC3)C2=O)c1. The summed E-state index contributed by atoms with van der Waals surface area (Å²) in [7, 11) is 3.13. The molecule has 0 saturated carbocycles. The van der Waals surface area contributed by atoms with Crippen molar-refractivity contribution in [3.63, 3.8) is 0 Å². The van der Waals surface area contributed by atoms with Gasteiger partial charge in [-0.3, -0.25) is 9.69 Å². The predicted molar refractivity (Wildman–Crippen MR) is 83.5 cm³/mol. The Labute approximate surface area is 134 Å². The fourth-order valence-electron chi connectivity index (χ4n) is 3.19. The number of imide groups is 1. The Bertz CT molecular complexity index is 626. The minimum atomic E-state index is -0.756. The molecule has 7 heteroatoms. The lowest BCUT2D eigenvalue weighted by Crippen LogP contribution is -2.53. The molecule has 2 aliphatic rings. The molecule has 0 aromatic heterocycles. The summed E-state index contributed by atoms with van der Waals surface area (Å²) in [5.74, 6) is 1.12. The van der Waals surface area contributed by atoms with Crippen LogP contribution in [0.1, 0.15) is 18.4 Å². The van der Waals surface area contributed by atoms with Gasteiger partial charge in [0, 0.05) is 5.56 Å². The second kappa shape index (κ2) is 6.08. The van der Waals surface area contributed by atoms with E-state index < -0.39 is 5.54 Å². The zero-order chi connectivity index (χ0) is 16.4. The van der Waals surface area contributed by atoms with Crippen molar-refractivity contribution in [1.29, 1.82) is 0 Å². The third kappa shape index (κ3) is 2.72. The normalized spacial score (nSPS) is 19.8. The van der Waals surface area contributed by atoms with Gasteiger partial charge in [-0.05, 0) is 44.1 Å². The second-order valence-corrected chi connectivity index (χ2v) is 5.83. The van der Waals surface area contributed by atoms with Gasteiger partial charge in [0.25, 0.3) is 5.91 Å². The molecular formula is C16H21N3O4. The minimum absolute atomic E-state index is 0.158. The molecule has 2 heterocycles. The fourth-order valence-corrected chi connectivity index (χ4v) is 3.19. The maximum atomic E-state index is 12.8. The molecule has 2 aliphatic heterocycles. The first-order valence-corrected chi connectivity index (χ1v) is 7.65. The third-order valence-corrected chi connectivity index (χ3v) is 4.52. The molecule has 1 spiro atoms. The highest BCUT2D eigenvalue weighted by atomic mass is 16.5. The molecule has 0 unspecified atom stereocenters. The zero-order valence-electron chi connectivity index (χ0n) is 13.3. The number of amides is 3. The molecule has 1 aromatic rings. The highest BCUT2D eigenvalue weighted by Gasteiger charge is 2.51. The van der Waals surface area contributed by atoms with Crippen molar-refractivity contribution in [2.75, 3.05) is 27.3 Å². The van der Waals surface area contributed by atoms with Crippen LogP contribution in [0.25, 0.3) is 0 Å². The number of ether oxygens (including phenoxy) is 2. The minimum Gasteiger partial charge on any atom is -0.497 e. The summed E-state index contributed by atoms with van der Waals surface area (Å²) in [4.78, 5) is 26.4. The molecule has 0 bridgehead atoms. The average molecular weight is 319 g/mol. The van der Waals surface area contributed by atoms with Crippen LogP contribution in [-0.2, 0) is 11.3 Å². The molecule has 23 heavy (non-hydrogen) atoms. The number of rotatable bonds is 4. The Kier molecular flexibility index (Phi) is 4.12. The first kappa shape index (κ1) is 15.6. The highest BCUT2D eigenvalue weighted by Crippen LogP contribution is 2.31. The number of benzene rings is 1. The van der Waals surface area contributed by atoms with Gasteiger partial charge in [0.15, 0.2) is 0 Å². The van der Waals surface area contributed by atoms with Crippen LogP contribution < -0.4 is 20.1 Å². The number of hydrogen-bond acceptors (Lipinski definition) is 5. The van der Waals surface area contributed by atoms with Crippen LogP contribution in [-0.4, -0.2) is 49.7 Å². The summed E-state index contributed by atoms with van der Waals surface area (Å²) in [6, 6.07) is 4.99. The van der Waals surface area contributed by atoms with E-state index in [0.29, 0.717) is 24.3 Å². The van der Waals surface area contributed by atoms with E-state index in [2.05, 4.69) is 10.6 Å². The number of carbonyl (C=O) groups excluding carboxylic acids is 2. The predicted octanol–water partition coefficient (Wildman–Crippen LogP) is 0.878. The molecule has 2 saturated heterocycles. The zero-order valence-corrected chi connectivity index (χ0v) is 13.3. The molecule has 1 aromatic carbocycles. The van der Waals surface area contributed by atoms with Crippen LogP contribution in [0.3, 0.4) is 0 Å². The quantitative estimate of drug-likeness (QED) is 0.805. The molecule has 0 atom stereocenters. The Balaban J connectivity index is 1.85. The third-order valence-electron chi connectivity index (χ3n) is 4.52. The number of hydrogen-bond donors (Lipinski definition) is 2. The van der Waals surface area contributed by atoms with Crippen LogP contribution in [0.15, 0.2) is 18.2 Å². The van der Waals surface area contributed by atoms with Crippen LogP contribution in [0.2, 0.25) is 0 Å². The molecule has 0 radical (unpaired) electrons. The maximum absolute atomic E-state index is 12.8. The van der Waals surface area contributed by atoms with Crippen LogP contribution in [0.5, 0.6) is 11.5 Å². The molecule has 2 fully saturated rings. The number of carbonyl (C=O) groups is 2. The standard InChI is InChI=1S/C16H21N3O4/c1-22-12-3-4-13(23-2)11(9-12)10-19-14(20)16(18-15(19)21)5-7-17-8-6-16/h3-4,9,17H,5-8,10H2,1-2H3,(H,18,21). The molecule has 2 N–H and O–H groups in total. The molecular weight excluding hydrogens is 298 g/mol. The number of urea groups is 1. The van der Waals surface area contributed by atoms with Crippen molar-refractivity contribution in [3.8, 4) is 11.5 Å². The lowest BCUT2D eigenvalue weighted by Gasteiger charge is -2.31. The van der Waals surface area contributed by atoms with Gasteiger partial charge in [0.1, 0.15) is 17.0 Å². The fraction of sp³-hybridized carbons (Fsp3) is 0.500. The van der Waals surface area contributed by atoms with Crippen LogP contribution >= 0.6 is 0 Å². The first-order chi connectivity index (χ1) is 11.1. The largest absolute Gasteiger partial charge is 0.497 e. The van der Waals surface area contributed by atoms with Crippen molar-refractivity contribution in [3.05, 3.63) is 23.8 Å². The van der Waals surface area contributed by atoms with Crippen molar-refractivity contribution < 1.29 is 19.1 Å². The maximum Gasteiger partial charge on any atom is 0.325 e. The smallest absolute Gasteiger partial charge is 0.325 e. The number of piperidine rings is 1. The summed E-state index contributed by atoms with van der Waals surface area (Å²) >= 11 is 0.